The van der Waals surface area contributed by atoms with Crippen molar-refractivity contribution in [2.75, 3.05) is 13.7 Å². The molecule has 1 atom stereocenters. The van der Waals surface area contributed by atoms with Gasteiger partial charge in [0, 0.05) is 23.5 Å². The van der Waals surface area contributed by atoms with Gasteiger partial charge in [-0.05, 0) is 45.5 Å². The number of rotatable bonds is 11. The molecule has 1 aliphatic rings. The summed E-state index contributed by atoms with van der Waals surface area (Å²) in [5.41, 5.74) is 7.08. The van der Waals surface area contributed by atoms with Gasteiger partial charge in [0.1, 0.15) is 25.0 Å². The molecule has 0 saturated heterocycles. The minimum Gasteiger partial charge on any atom is -0.497 e. The fraction of sp³-hybridized carbons (Fsp3) is 0.154. The molecule has 230 valence electrons. The topological polar surface area (TPSA) is 90.9 Å². The van der Waals surface area contributed by atoms with E-state index in [1.54, 1.807) is 55.6 Å². The first kappa shape index (κ1) is 30.3. The van der Waals surface area contributed by atoms with Crippen molar-refractivity contribution >= 4 is 17.8 Å². The summed E-state index contributed by atoms with van der Waals surface area (Å²) in [6.45, 7) is 0.139. The molecule has 0 unspecified atom stereocenters. The van der Waals surface area contributed by atoms with Crippen LogP contribution in [0.2, 0.25) is 0 Å². The first-order chi connectivity index (χ1) is 22.5. The van der Waals surface area contributed by atoms with Crippen molar-refractivity contribution < 1.29 is 28.6 Å². The van der Waals surface area contributed by atoms with E-state index in [2.05, 4.69) is 17.4 Å². The smallest absolute Gasteiger partial charge is 0.407 e. The SMILES string of the molecule is COc1ccc(COC(=O)[C@H](Cc2ccc(C(=O)c3ccccc3)cc2)NC(=O)OCC2c3ccccc3-c3ccccc32)cc1. The average Bonchev–Trinajstić information content (AvgIpc) is 3.43. The number of amides is 1. The maximum atomic E-state index is 13.4. The number of benzene rings is 5. The van der Waals surface area contributed by atoms with Crippen molar-refractivity contribution in [2.45, 2.75) is 25.0 Å². The monoisotopic (exact) mass is 611 g/mol. The predicted octanol–water partition coefficient (Wildman–Crippen LogP) is 7.12. The molecule has 1 N–H and O–H groups in total. The van der Waals surface area contributed by atoms with Crippen LogP contribution in [0.15, 0.2) is 127 Å². The quantitative estimate of drug-likeness (QED) is 0.126. The van der Waals surface area contributed by atoms with Gasteiger partial charge in [0.15, 0.2) is 5.78 Å². The van der Waals surface area contributed by atoms with Gasteiger partial charge in [-0.15, -0.1) is 0 Å². The summed E-state index contributed by atoms with van der Waals surface area (Å²) in [7, 11) is 1.58. The van der Waals surface area contributed by atoms with Crippen molar-refractivity contribution in [2.24, 2.45) is 0 Å². The van der Waals surface area contributed by atoms with Crippen LogP contribution in [0.5, 0.6) is 5.75 Å². The van der Waals surface area contributed by atoms with Gasteiger partial charge in [-0.2, -0.15) is 0 Å². The second kappa shape index (κ2) is 13.9. The molecule has 5 aromatic rings. The zero-order valence-electron chi connectivity index (χ0n) is 25.3. The van der Waals surface area contributed by atoms with E-state index < -0.39 is 18.1 Å². The Morgan fingerprint density at radius 1 is 0.652 bits per heavy atom. The van der Waals surface area contributed by atoms with E-state index in [9.17, 15) is 14.4 Å². The van der Waals surface area contributed by atoms with E-state index in [4.69, 9.17) is 14.2 Å². The Morgan fingerprint density at radius 3 is 1.85 bits per heavy atom. The Labute approximate surface area is 267 Å². The fourth-order valence-electron chi connectivity index (χ4n) is 5.74. The third-order valence-electron chi connectivity index (χ3n) is 8.15. The fourth-order valence-corrected chi connectivity index (χ4v) is 5.74. The normalized spacial score (nSPS) is 12.4. The summed E-state index contributed by atoms with van der Waals surface area (Å²) >= 11 is 0. The van der Waals surface area contributed by atoms with Crippen LogP contribution >= 0.6 is 0 Å². The Hall–Kier alpha value is -5.69. The summed E-state index contributed by atoms with van der Waals surface area (Å²) < 4.78 is 16.6. The van der Waals surface area contributed by atoms with Gasteiger partial charge in [0.25, 0.3) is 0 Å². The summed E-state index contributed by atoms with van der Waals surface area (Å²) in [4.78, 5) is 39.4. The highest BCUT2D eigenvalue weighted by Crippen LogP contribution is 2.44. The third-order valence-corrected chi connectivity index (χ3v) is 8.15. The maximum absolute atomic E-state index is 13.4. The number of alkyl carbamates (subject to hydrolysis) is 1. The van der Waals surface area contributed by atoms with E-state index in [0.29, 0.717) is 16.9 Å². The van der Waals surface area contributed by atoms with E-state index in [1.807, 2.05) is 66.7 Å². The minimum absolute atomic E-state index is 0.0240. The highest BCUT2D eigenvalue weighted by molar-refractivity contribution is 6.08. The van der Waals surface area contributed by atoms with Crippen LogP contribution in [0.4, 0.5) is 4.79 Å². The molecule has 0 saturated carbocycles. The molecule has 7 heteroatoms. The molecule has 7 nitrogen and oxygen atoms in total. The Kier molecular flexibility index (Phi) is 9.20. The van der Waals surface area contributed by atoms with Crippen LogP contribution in [-0.2, 0) is 27.3 Å². The number of hydrogen-bond acceptors (Lipinski definition) is 6. The van der Waals surface area contributed by atoms with Gasteiger partial charge in [-0.25, -0.2) is 9.59 Å². The van der Waals surface area contributed by atoms with Crippen molar-refractivity contribution in [3.8, 4) is 16.9 Å². The molecule has 5 aromatic carbocycles. The molecule has 1 aliphatic carbocycles. The number of methoxy groups -OCH3 is 1. The highest BCUT2D eigenvalue weighted by Gasteiger charge is 2.30. The van der Waals surface area contributed by atoms with Gasteiger partial charge < -0.3 is 19.5 Å². The number of esters is 1. The first-order valence-corrected chi connectivity index (χ1v) is 15.1. The van der Waals surface area contributed by atoms with Crippen LogP contribution in [0.25, 0.3) is 11.1 Å². The minimum atomic E-state index is -1.02. The van der Waals surface area contributed by atoms with E-state index in [0.717, 1.165) is 33.4 Å². The second-order valence-electron chi connectivity index (χ2n) is 11.1. The summed E-state index contributed by atoms with van der Waals surface area (Å²) in [6, 6.07) is 38.4. The highest BCUT2D eigenvalue weighted by atomic mass is 16.6. The van der Waals surface area contributed by atoms with Gasteiger partial charge in [-0.3, -0.25) is 4.79 Å². The zero-order chi connectivity index (χ0) is 31.9. The predicted molar refractivity (Wildman–Crippen MR) is 175 cm³/mol. The van der Waals surface area contributed by atoms with Crippen LogP contribution in [0.3, 0.4) is 0 Å². The standard InChI is InChI=1S/C39H33NO6/c1-44-30-21-17-27(18-22-30)24-45-38(42)36(23-26-15-19-29(20-16-26)37(41)28-9-3-2-4-10-28)40-39(43)46-25-35-33-13-7-5-11-31(33)32-12-6-8-14-34(32)35/h2-22,35-36H,23-25H2,1H3,(H,40,43)/t36-/m0/s1. The van der Waals surface area contributed by atoms with Crippen LogP contribution in [-0.4, -0.2) is 37.6 Å². The lowest BCUT2D eigenvalue weighted by molar-refractivity contribution is -0.147. The number of ketones is 1. The number of hydrogen-bond donors (Lipinski definition) is 1. The van der Waals surface area contributed by atoms with Gasteiger partial charge >= 0.3 is 12.1 Å². The van der Waals surface area contributed by atoms with E-state index in [-0.39, 0.29) is 31.3 Å². The van der Waals surface area contributed by atoms with Crippen molar-refractivity contribution in [1.82, 2.24) is 5.32 Å². The van der Waals surface area contributed by atoms with Gasteiger partial charge in [0.2, 0.25) is 0 Å². The molecule has 0 aliphatic heterocycles. The van der Waals surface area contributed by atoms with Crippen molar-refractivity contribution in [1.29, 1.82) is 0 Å². The summed E-state index contributed by atoms with van der Waals surface area (Å²) in [5.74, 6) is -0.125. The molecule has 0 spiro atoms. The van der Waals surface area contributed by atoms with Crippen LogP contribution in [0, 0.1) is 0 Å². The van der Waals surface area contributed by atoms with Gasteiger partial charge in [0.05, 0.1) is 7.11 Å². The molecule has 0 fully saturated rings. The summed E-state index contributed by atoms with van der Waals surface area (Å²) in [5, 5.41) is 2.73. The maximum Gasteiger partial charge on any atom is 0.407 e. The lowest BCUT2D eigenvalue weighted by Crippen LogP contribution is -2.43. The molecule has 46 heavy (non-hydrogen) atoms. The molecule has 0 aromatic heterocycles. The molecule has 0 heterocycles. The zero-order valence-corrected chi connectivity index (χ0v) is 25.3. The second-order valence-corrected chi connectivity index (χ2v) is 11.1. The number of carbonyl (C=O) groups is 3. The first-order valence-electron chi connectivity index (χ1n) is 15.1. The number of carbonyl (C=O) groups excluding carboxylic acids is 3. The lowest BCUT2D eigenvalue weighted by atomic mass is 9.98. The van der Waals surface area contributed by atoms with E-state index in [1.165, 1.54) is 0 Å². The van der Waals surface area contributed by atoms with Crippen molar-refractivity contribution in [3.63, 3.8) is 0 Å². The van der Waals surface area contributed by atoms with Crippen LogP contribution < -0.4 is 10.1 Å². The molecular formula is C39H33NO6. The molecule has 0 radical (unpaired) electrons. The Bertz CT molecular complexity index is 1790. The average molecular weight is 612 g/mol. The Morgan fingerprint density at radius 2 is 1.22 bits per heavy atom. The van der Waals surface area contributed by atoms with Gasteiger partial charge in [-0.1, -0.05) is 115 Å². The van der Waals surface area contributed by atoms with Crippen molar-refractivity contribution in [3.05, 3.63) is 161 Å². The molecular weight excluding hydrogens is 578 g/mol. The summed E-state index contributed by atoms with van der Waals surface area (Å²) in [6.07, 6.45) is -0.574. The number of nitrogens with one attached hydrogen (secondary N) is 1. The lowest BCUT2D eigenvalue weighted by Gasteiger charge is -2.19. The third kappa shape index (κ3) is 6.84. The largest absolute Gasteiger partial charge is 0.497 e. The number of ether oxygens (including phenoxy) is 3. The molecule has 6 rings (SSSR count). The number of fused-ring (bicyclic) bond motifs is 3. The van der Waals surface area contributed by atoms with Crippen LogP contribution in [0.1, 0.15) is 44.1 Å². The Balaban J connectivity index is 1.15. The molecule has 1 amide bonds. The van der Waals surface area contributed by atoms with E-state index >= 15 is 0 Å². The molecule has 0 bridgehead atoms.